The van der Waals surface area contributed by atoms with Gasteiger partial charge in [0.15, 0.2) is 0 Å². The van der Waals surface area contributed by atoms with Gasteiger partial charge in [-0.3, -0.25) is 9.52 Å². The van der Waals surface area contributed by atoms with Gasteiger partial charge in [-0.1, -0.05) is 30.3 Å². The minimum Gasteiger partial charge on any atom is -0.376 e. The minimum atomic E-state index is -3.81. The van der Waals surface area contributed by atoms with E-state index in [1.54, 1.807) is 42.5 Å². The number of ether oxygens (including phenoxy) is 1. The number of hydrogen-bond donors (Lipinski definition) is 2. The van der Waals surface area contributed by atoms with E-state index < -0.39 is 10.0 Å². The predicted octanol–water partition coefficient (Wildman–Crippen LogP) is 2.41. The topological polar surface area (TPSA) is 108 Å². The smallest absolute Gasteiger partial charge is 0.253 e. The maximum atomic E-state index is 12.6. The molecule has 0 aromatic heterocycles. The summed E-state index contributed by atoms with van der Waals surface area (Å²) in [6, 6.07) is 14.9. The summed E-state index contributed by atoms with van der Waals surface area (Å²) in [5.41, 5.74) is 1.13. The van der Waals surface area contributed by atoms with Crippen molar-refractivity contribution in [2.24, 2.45) is 0 Å². The van der Waals surface area contributed by atoms with Crippen LogP contribution in [0, 0.1) is 11.3 Å². The van der Waals surface area contributed by atoms with Crippen LogP contribution in [0.4, 0.5) is 5.69 Å². The lowest BCUT2D eigenvalue weighted by molar-refractivity contribution is 0.0858. The largest absolute Gasteiger partial charge is 0.376 e. The monoisotopic (exact) mass is 399 g/mol. The van der Waals surface area contributed by atoms with E-state index in [1.807, 2.05) is 6.07 Å². The second-order valence-electron chi connectivity index (χ2n) is 6.52. The van der Waals surface area contributed by atoms with Crippen LogP contribution < -0.4 is 10.0 Å². The third kappa shape index (κ3) is 5.09. The molecule has 1 unspecified atom stereocenters. The second-order valence-corrected chi connectivity index (χ2v) is 8.24. The van der Waals surface area contributed by atoms with E-state index in [2.05, 4.69) is 10.0 Å². The highest BCUT2D eigenvalue weighted by atomic mass is 32.2. The Kier molecular flexibility index (Phi) is 6.29. The molecule has 0 aliphatic carbocycles. The van der Waals surface area contributed by atoms with Crippen LogP contribution in [0.25, 0.3) is 0 Å². The predicted molar refractivity (Wildman–Crippen MR) is 105 cm³/mol. The molecule has 1 atom stereocenters. The number of rotatable bonds is 7. The van der Waals surface area contributed by atoms with Crippen molar-refractivity contribution in [3.05, 3.63) is 65.2 Å². The van der Waals surface area contributed by atoms with Crippen molar-refractivity contribution in [3.63, 3.8) is 0 Å². The maximum Gasteiger partial charge on any atom is 0.253 e. The minimum absolute atomic E-state index is 0.00436. The highest BCUT2D eigenvalue weighted by molar-refractivity contribution is 7.91. The summed E-state index contributed by atoms with van der Waals surface area (Å²) in [6.07, 6.45) is 1.86. The summed E-state index contributed by atoms with van der Waals surface area (Å²) in [4.78, 5) is 12.5. The number of amides is 1. The number of anilines is 1. The van der Waals surface area contributed by atoms with Crippen LogP contribution in [0.5, 0.6) is 0 Å². The quantitative estimate of drug-likeness (QED) is 0.743. The van der Waals surface area contributed by atoms with E-state index in [4.69, 9.17) is 10.00 Å². The Balaban J connectivity index is 1.73. The van der Waals surface area contributed by atoms with Gasteiger partial charge in [0.05, 0.1) is 34.7 Å². The van der Waals surface area contributed by atoms with E-state index in [-0.39, 0.29) is 29.0 Å². The second kappa shape index (κ2) is 8.87. The Hall–Kier alpha value is -2.89. The molecule has 1 aliphatic rings. The molecule has 2 N–H and O–H groups in total. The van der Waals surface area contributed by atoms with Crippen molar-refractivity contribution in [2.45, 2.75) is 24.7 Å². The number of nitriles is 1. The van der Waals surface area contributed by atoms with Crippen LogP contribution in [0.1, 0.15) is 34.3 Å². The SMILES string of the molecule is N#Cc1ccccc1CS(=O)(=O)Nc1ccccc1C(=O)NCC1CCCO1. The third-order valence-electron chi connectivity index (χ3n) is 4.43. The number of carbonyl (C=O) groups excluding carboxylic acids is 1. The van der Waals surface area contributed by atoms with E-state index in [0.717, 1.165) is 12.8 Å². The van der Waals surface area contributed by atoms with Crippen molar-refractivity contribution in [2.75, 3.05) is 17.9 Å². The van der Waals surface area contributed by atoms with Crippen LogP contribution >= 0.6 is 0 Å². The number of benzene rings is 2. The van der Waals surface area contributed by atoms with Gasteiger partial charge in [0.1, 0.15) is 0 Å². The zero-order chi connectivity index (χ0) is 20.0. The summed E-state index contributed by atoms with van der Waals surface area (Å²) in [5, 5.41) is 11.9. The van der Waals surface area contributed by atoms with Crippen molar-refractivity contribution in [1.82, 2.24) is 5.32 Å². The Morgan fingerprint density at radius 2 is 1.93 bits per heavy atom. The van der Waals surface area contributed by atoms with Gasteiger partial charge in [-0.2, -0.15) is 5.26 Å². The maximum absolute atomic E-state index is 12.6. The molecule has 28 heavy (non-hydrogen) atoms. The summed E-state index contributed by atoms with van der Waals surface area (Å²) >= 11 is 0. The molecule has 1 amide bonds. The highest BCUT2D eigenvalue weighted by Crippen LogP contribution is 2.20. The van der Waals surface area contributed by atoms with Crippen LogP contribution in [0.2, 0.25) is 0 Å². The van der Waals surface area contributed by atoms with E-state index in [0.29, 0.717) is 24.3 Å². The van der Waals surface area contributed by atoms with Crippen molar-refractivity contribution < 1.29 is 17.9 Å². The molecule has 8 heteroatoms. The number of nitrogens with one attached hydrogen (secondary N) is 2. The molecule has 0 spiro atoms. The Bertz CT molecular complexity index is 993. The number of para-hydroxylation sites is 1. The molecule has 1 saturated heterocycles. The Morgan fingerprint density at radius 1 is 1.18 bits per heavy atom. The molecule has 0 radical (unpaired) electrons. The molecule has 2 aromatic rings. The molecule has 0 saturated carbocycles. The average molecular weight is 399 g/mol. The number of sulfonamides is 1. The molecule has 1 fully saturated rings. The zero-order valence-corrected chi connectivity index (χ0v) is 16.0. The zero-order valence-electron chi connectivity index (χ0n) is 15.2. The van der Waals surface area contributed by atoms with Gasteiger partial charge >= 0.3 is 0 Å². The lowest BCUT2D eigenvalue weighted by Gasteiger charge is -2.14. The molecule has 7 nitrogen and oxygen atoms in total. The van der Waals surface area contributed by atoms with Gasteiger partial charge in [-0.25, -0.2) is 8.42 Å². The highest BCUT2D eigenvalue weighted by Gasteiger charge is 2.20. The molecule has 3 rings (SSSR count). The van der Waals surface area contributed by atoms with E-state index >= 15 is 0 Å². The number of carbonyl (C=O) groups is 1. The van der Waals surface area contributed by atoms with Crippen molar-refractivity contribution in [1.29, 1.82) is 5.26 Å². The van der Waals surface area contributed by atoms with Gasteiger partial charge in [0.25, 0.3) is 5.91 Å². The van der Waals surface area contributed by atoms with E-state index in [1.165, 1.54) is 6.07 Å². The van der Waals surface area contributed by atoms with E-state index in [9.17, 15) is 13.2 Å². The average Bonchev–Trinajstić information content (AvgIpc) is 3.20. The normalized spacial score (nSPS) is 16.3. The molecule has 0 bridgehead atoms. The summed E-state index contributed by atoms with van der Waals surface area (Å²) in [7, 11) is -3.81. The standard InChI is InChI=1S/C20H21N3O4S/c21-12-15-6-1-2-7-16(15)14-28(25,26)23-19-10-4-3-9-18(19)20(24)22-13-17-8-5-11-27-17/h1-4,6-7,9-10,17,23H,5,8,11,13-14H2,(H,22,24). The molecular formula is C20H21N3O4S. The summed E-state index contributed by atoms with van der Waals surface area (Å²) in [5.74, 6) is -0.728. The molecular weight excluding hydrogens is 378 g/mol. The van der Waals surface area contributed by atoms with Gasteiger partial charge < -0.3 is 10.1 Å². The van der Waals surface area contributed by atoms with Crippen LogP contribution in [-0.4, -0.2) is 33.6 Å². The van der Waals surface area contributed by atoms with Crippen LogP contribution in [0.15, 0.2) is 48.5 Å². The van der Waals surface area contributed by atoms with Gasteiger partial charge in [0, 0.05) is 13.2 Å². The Labute approximate surface area is 164 Å². The molecule has 2 aromatic carbocycles. The summed E-state index contributed by atoms with van der Waals surface area (Å²) in [6.45, 7) is 1.08. The van der Waals surface area contributed by atoms with Crippen molar-refractivity contribution >= 4 is 21.6 Å². The lowest BCUT2D eigenvalue weighted by atomic mass is 10.1. The first-order chi connectivity index (χ1) is 13.5. The fraction of sp³-hybridized carbons (Fsp3) is 0.300. The van der Waals surface area contributed by atoms with Crippen LogP contribution in [-0.2, 0) is 20.5 Å². The lowest BCUT2D eigenvalue weighted by Crippen LogP contribution is -2.32. The number of nitrogens with zero attached hydrogens (tertiary/aromatic N) is 1. The van der Waals surface area contributed by atoms with Gasteiger partial charge in [0.2, 0.25) is 10.0 Å². The van der Waals surface area contributed by atoms with Crippen LogP contribution in [0.3, 0.4) is 0 Å². The van der Waals surface area contributed by atoms with Gasteiger partial charge in [-0.05, 0) is 36.6 Å². The number of hydrogen-bond acceptors (Lipinski definition) is 5. The summed E-state index contributed by atoms with van der Waals surface area (Å²) < 4.78 is 33.2. The first-order valence-electron chi connectivity index (χ1n) is 8.96. The third-order valence-corrected chi connectivity index (χ3v) is 5.66. The molecule has 1 heterocycles. The molecule has 146 valence electrons. The van der Waals surface area contributed by atoms with Gasteiger partial charge in [-0.15, -0.1) is 0 Å². The Morgan fingerprint density at radius 3 is 2.68 bits per heavy atom. The molecule has 1 aliphatic heterocycles. The first kappa shape index (κ1) is 19.9. The first-order valence-corrected chi connectivity index (χ1v) is 10.6. The fourth-order valence-electron chi connectivity index (χ4n) is 3.04. The fourth-order valence-corrected chi connectivity index (χ4v) is 4.29. The van der Waals surface area contributed by atoms with Crippen molar-refractivity contribution in [3.8, 4) is 6.07 Å².